The Balaban J connectivity index is 0.00000258. The summed E-state index contributed by atoms with van der Waals surface area (Å²) in [6.45, 7) is 16.8. The van der Waals surface area contributed by atoms with Crippen LogP contribution in [-0.2, 0) is 4.79 Å². The van der Waals surface area contributed by atoms with E-state index in [-0.39, 0.29) is 17.2 Å². The molecule has 0 saturated heterocycles. The number of carbonyl (C=O) groups is 2. The number of amides is 2. The van der Waals surface area contributed by atoms with Crippen molar-refractivity contribution in [2.75, 3.05) is 37.7 Å². The van der Waals surface area contributed by atoms with Gasteiger partial charge in [-0.1, -0.05) is 44.7 Å². The van der Waals surface area contributed by atoms with Crippen molar-refractivity contribution in [3.05, 3.63) is 76.3 Å². The van der Waals surface area contributed by atoms with Crippen LogP contribution in [0.5, 0.6) is 0 Å². The van der Waals surface area contributed by atoms with E-state index in [1.807, 2.05) is 0 Å². The van der Waals surface area contributed by atoms with Crippen molar-refractivity contribution < 1.29 is 45.0 Å². The lowest BCUT2D eigenvalue weighted by Crippen LogP contribution is -2.35. The highest BCUT2D eigenvalue weighted by Gasteiger charge is 2.30. The predicted molar refractivity (Wildman–Crippen MR) is 174 cm³/mol. The zero-order valence-corrected chi connectivity index (χ0v) is 28.1. The van der Waals surface area contributed by atoms with Crippen molar-refractivity contribution in [3.63, 3.8) is 0 Å². The summed E-state index contributed by atoms with van der Waals surface area (Å²) in [5, 5.41) is 5.51. The average Bonchev–Trinajstić information content (AvgIpc) is 3.23. The number of alkyl halides is 6. The first-order valence-electron chi connectivity index (χ1n) is 14.3. The first-order valence-corrected chi connectivity index (χ1v) is 16.2. The Morgan fingerprint density at radius 1 is 1.02 bits per heavy atom. The van der Waals surface area contributed by atoms with E-state index in [9.17, 15) is 45.0 Å². The average molecular weight is 685 g/mol. The van der Waals surface area contributed by atoms with Crippen molar-refractivity contribution in [1.29, 1.82) is 0 Å². The number of allylic oxidation sites excluding steroid dienone is 3. The third-order valence-corrected chi connectivity index (χ3v) is 7.93. The molecule has 262 valence electrons. The minimum absolute atomic E-state index is 0.142. The Labute approximate surface area is 268 Å². The number of H-pyrrole nitrogens is 1. The lowest BCUT2D eigenvalue weighted by atomic mass is 10.1. The van der Waals surface area contributed by atoms with E-state index in [1.165, 1.54) is 24.4 Å². The molecule has 0 aliphatic rings. The van der Waals surface area contributed by atoms with Crippen molar-refractivity contribution >= 4 is 28.5 Å². The number of carbonyl (C=O) groups excluding carboxylic acids is 2. The van der Waals surface area contributed by atoms with Crippen LogP contribution in [0, 0.1) is 13.8 Å². The number of hydrogen-bond acceptors (Lipinski definition) is 5. The van der Waals surface area contributed by atoms with Gasteiger partial charge in [-0.3, -0.25) is 18.7 Å². The summed E-state index contributed by atoms with van der Waals surface area (Å²) in [6, 6.07) is 0. The molecular formula is C31H46F6N4O4S. The normalized spacial score (nSPS) is 13.7. The Bertz CT molecular complexity index is 1290. The van der Waals surface area contributed by atoms with Crippen molar-refractivity contribution in [2.24, 2.45) is 0 Å². The van der Waals surface area contributed by atoms with Crippen LogP contribution in [0.15, 0.2) is 53.8 Å². The highest BCUT2D eigenvalue weighted by molar-refractivity contribution is 8.24. The van der Waals surface area contributed by atoms with E-state index in [1.54, 1.807) is 26.8 Å². The number of nitrogens with one attached hydrogen (secondary N) is 3. The highest BCUT2D eigenvalue weighted by atomic mass is 32.3. The predicted octanol–water partition coefficient (Wildman–Crippen LogP) is 7.68. The summed E-state index contributed by atoms with van der Waals surface area (Å²) < 4.78 is 91.7. The van der Waals surface area contributed by atoms with Gasteiger partial charge in [0.15, 0.2) is 0 Å². The van der Waals surface area contributed by atoms with Crippen LogP contribution in [0.4, 0.5) is 26.3 Å². The molecule has 5 N–H and O–H groups in total. The third kappa shape index (κ3) is 15.8. The lowest BCUT2D eigenvalue weighted by Gasteiger charge is -2.29. The molecule has 0 aliphatic carbocycles. The standard InChI is InChI=1S/C27H41F3N4O4S.C4H5F3/c1-7-13-31-25(35)22(11-10-16-39(37,38)17-12-19(4)27(28,29)30)18-23-20(5)24(21(6)33-23)26(36)32-14-15-34(8-2)9-3;1-3(2)4(5,6)7/h7,10-13,18,33,37-38H,8-9,14-17H2,1-6H3,(H,31,35)(H,32,36);1H2,2H3/b11-10+,13-7+,19-12-,22-18-;. The number of aromatic amines is 1. The SMILES string of the molecule is C/C=C/NC(=O)C(=C\c1[nH]c(C)c(C(=O)NCCN(CC)CC)c1C)/C=C/CS(O)(O)C/C=C(/C)C(F)(F)F.C=C(C)C(F)(F)F. The van der Waals surface area contributed by atoms with E-state index in [0.29, 0.717) is 29.1 Å². The maximum absolute atomic E-state index is 12.9. The number of hydrogen-bond donors (Lipinski definition) is 5. The largest absolute Gasteiger partial charge is 0.412 e. The van der Waals surface area contributed by atoms with Crippen LogP contribution in [0.3, 0.4) is 0 Å². The number of likely N-dealkylation sites (N-methyl/N-ethyl adjacent to an activating group) is 1. The Morgan fingerprint density at radius 3 is 2.07 bits per heavy atom. The highest BCUT2D eigenvalue weighted by Crippen LogP contribution is 2.39. The summed E-state index contributed by atoms with van der Waals surface area (Å²) in [6.07, 6.45) is -0.701. The molecule has 0 spiro atoms. The van der Waals surface area contributed by atoms with Crippen LogP contribution < -0.4 is 10.6 Å². The second-order valence-electron chi connectivity index (χ2n) is 10.2. The summed E-state index contributed by atoms with van der Waals surface area (Å²) in [5.74, 6) is -1.63. The Hall–Kier alpha value is -3.27. The fraction of sp³-hybridized carbons (Fsp3) is 0.484. The molecule has 1 aromatic heterocycles. The second kappa shape index (κ2) is 19.4. The van der Waals surface area contributed by atoms with E-state index in [2.05, 4.69) is 40.9 Å². The van der Waals surface area contributed by atoms with Gasteiger partial charge in [0.25, 0.3) is 11.8 Å². The number of nitrogens with zero attached hydrogens (tertiary/aromatic N) is 1. The molecule has 2 amide bonds. The van der Waals surface area contributed by atoms with Crippen molar-refractivity contribution in [2.45, 2.75) is 60.8 Å². The molecule has 1 rings (SSSR count). The van der Waals surface area contributed by atoms with Gasteiger partial charge in [-0.15, -0.1) is 0 Å². The number of halogens is 6. The zero-order valence-electron chi connectivity index (χ0n) is 27.2. The van der Waals surface area contributed by atoms with Crippen LogP contribution >= 0.6 is 10.6 Å². The Kier molecular flexibility index (Phi) is 18.0. The van der Waals surface area contributed by atoms with E-state index in [0.717, 1.165) is 39.6 Å². The number of aryl methyl sites for hydroxylation is 1. The second-order valence-corrected chi connectivity index (χ2v) is 12.5. The first-order chi connectivity index (χ1) is 21.1. The molecule has 0 unspecified atom stereocenters. The van der Waals surface area contributed by atoms with E-state index in [4.69, 9.17) is 0 Å². The maximum Gasteiger partial charge on any atom is 0.412 e. The maximum atomic E-state index is 12.9. The monoisotopic (exact) mass is 684 g/mol. The van der Waals surface area contributed by atoms with Gasteiger partial charge in [0.05, 0.1) is 17.1 Å². The molecule has 0 radical (unpaired) electrons. The number of rotatable bonds is 14. The van der Waals surface area contributed by atoms with Gasteiger partial charge in [0, 0.05) is 41.2 Å². The van der Waals surface area contributed by atoms with Crippen LogP contribution in [0.25, 0.3) is 6.08 Å². The molecule has 1 heterocycles. The fourth-order valence-electron chi connectivity index (χ4n) is 3.57. The van der Waals surface area contributed by atoms with Crippen molar-refractivity contribution in [1.82, 2.24) is 20.5 Å². The minimum atomic E-state index is -4.54. The Morgan fingerprint density at radius 2 is 1.59 bits per heavy atom. The first kappa shape index (κ1) is 42.7. The van der Waals surface area contributed by atoms with E-state index < -0.39 is 45.7 Å². The molecule has 0 saturated carbocycles. The van der Waals surface area contributed by atoms with Gasteiger partial charge < -0.3 is 20.5 Å². The zero-order chi connectivity index (χ0) is 35.9. The van der Waals surface area contributed by atoms with Gasteiger partial charge in [0.2, 0.25) is 0 Å². The molecule has 15 heteroatoms. The van der Waals surface area contributed by atoms with Gasteiger partial charge >= 0.3 is 12.4 Å². The summed E-state index contributed by atoms with van der Waals surface area (Å²) in [7, 11) is -3.39. The smallest absolute Gasteiger partial charge is 0.358 e. The van der Waals surface area contributed by atoms with E-state index >= 15 is 0 Å². The molecule has 0 aromatic carbocycles. The van der Waals surface area contributed by atoms with Gasteiger partial charge in [-0.2, -0.15) is 36.9 Å². The quantitative estimate of drug-likeness (QED) is 0.0597. The molecule has 8 nitrogen and oxygen atoms in total. The minimum Gasteiger partial charge on any atom is -0.358 e. The molecule has 46 heavy (non-hydrogen) atoms. The fourth-order valence-corrected chi connectivity index (χ4v) is 4.63. The van der Waals surface area contributed by atoms with Crippen molar-refractivity contribution in [3.8, 4) is 0 Å². The summed E-state index contributed by atoms with van der Waals surface area (Å²) in [4.78, 5) is 30.9. The number of aromatic nitrogens is 1. The molecule has 1 aromatic rings. The van der Waals surface area contributed by atoms with Gasteiger partial charge in [0.1, 0.15) is 0 Å². The van der Waals surface area contributed by atoms with Crippen LogP contribution in [0.2, 0.25) is 0 Å². The van der Waals surface area contributed by atoms with Gasteiger partial charge in [-0.25, -0.2) is 0 Å². The molecular weight excluding hydrogens is 638 g/mol. The third-order valence-electron chi connectivity index (χ3n) is 6.50. The molecule has 0 atom stereocenters. The van der Waals surface area contributed by atoms with Gasteiger partial charge in [-0.05, 0) is 65.5 Å². The summed E-state index contributed by atoms with van der Waals surface area (Å²) in [5.41, 5.74) is 0.719. The topological polar surface area (TPSA) is 118 Å². The molecule has 0 bridgehead atoms. The van der Waals surface area contributed by atoms with Crippen LogP contribution in [-0.4, -0.2) is 80.8 Å². The lowest BCUT2D eigenvalue weighted by molar-refractivity contribution is -0.116. The molecule has 0 aliphatic heterocycles. The summed E-state index contributed by atoms with van der Waals surface area (Å²) >= 11 is 0. The van der Waals surface area contributed by atoms with Crippen LogP contribution in [0.1, 0.15) is 61.9 Å². The molecule has 0 fully saturated rings.